The average Bonchev–Trinajstić information content (AvgIpc) is 2.14. The second-order valence-corrected chi connectivity index (χ2v) is 3.71. The zero-order valence-electron chi connectivity index (χ0n) is 8.36. The Hall–Kier alpha value is -0.780. The molecule has 2 N–H and O–H groups in total. The minimum Gasteiger partial charge on any atom is -0.355 e. The lowest BCUT2D eigenvalue weighted by Crippen LogP contribution is -2.46. The van der Waals surface area contributed by atoms with Crippen molar-refractivity contribution in [2.45, 2.75) is 37.9 Å². The predicted molar refractivity (Wildman–Crippen MR) is 49.3 cm³/mol. The number of rotatable bonds is 4. The van der Waals surface area contributed by atoms with Crippen molar-refractivity contribution < 1.29 is 18.0 Å². The van der Waals surface area contributed by atoms with E-state index in [1.807, 2.05) is 0 Å². The van der Waals surface area contributed by atoms with Gasteiger partial charge in [-0.15, -0.1) is 0 Å². The van der Waals surface area contributed by atoms with Gasteiger partial charge in [0.05, 0.1) is 0 Å². The third-order valence-corrected chi connectivity index (χ3v) is 2.34. The smallest absolute Gasteiger partial charge is 0.355 e. The maximum Gasteiger partial charge on any atom is 0.389 e. The van der Waals surface area contributed by atoms with E-state index in [2.05, 4.69) is 10.6 Å². The molecule has 1 saturated heterocycles. The molecule has 1 rings (SSSR count). The van der Waals surface area contributed by atoms with Crippen LogP contribution in [-0.4, -0.2) is 31.2 Å². The first kappa shape index (κ1) is 12.3. The summed E-state index contributed by atoms with van der Waals surface area (Å²) in [6, 6.07) is 0.121. The molecule has 0 aromatic rings. The molecular weight excluding hydrogens is 209 g/mol. The number of nitrogens with one attached hydrogen (secondary N) is 2. The first-order valence-corrected chi connectivity index (χ1v) is 5.04. The van der Waals surface area contributed by atoms with Crippen LogP contribution < -0.4 is 10.6 Å². The second kappa shape index (κ2) is 5.34. The Morgan fingerprint density at radius 2 is 2.20 bits per heavy atom. The zero-order chi connectivity index (χ0) is 11.3. The van der Waals surface area contributed by atoms with E-state index in [-0.39, 0.29) is 18.4 Å². The summed E-state index contributed by atoms with van der Waals surface area (Å²) in [6.07, 6.45) is -3.57. The van der Waals surface area contributed by atoms with Gasteiger partial charge in [-0.3, -0.25) is 4.79 Å². The Bertz CT molecular complexity index is 208. The largest absolute Gasteiger partial charge is 0.389 e. The lowest BCUT2D eigenvalue weighted by molar-refractivity contribution is -0.135. The third kappa shape index (κ3) is 5.61. The van der Waals surface area contributed by atoms with Crippen molar-refractivity contribution in [2.24, 2.45) is 0 Å². The molecule has 0 saturated carbocycles. The van der Waals surface area contributed by atoms with E-state index < -0.39 is 12.6 Å². The fourth-order valence-electron chi connectivity index (χ4n) is 1.50. The molecule has 1 amide bonds. The lowest BCUT2D eigenvalue weighted by Gasteiger charge is -2.23. The van der Waals surface area contributed by atoms with Crippen LogP contribution in [0.2, 0.25) is 0 Å². The monoisotopic (exact) mass is 224 g/mol. The van der Waals surface area contributed by atoms with E-state index in [0.29, 0.717) is 25.9 Å². The molecule has 6 heteroatoms. The van der Waals surface area contributed by atoms with Crippen molar-refractivity contribution >= 4 is 5.91 Å². The molecule has 0 aliphatic carbocycles. The fourth-order valence-corrected chi connectivity index (χ4v) is 1.50. The van der Waals surface area contributed by atoms with Gasteiger partial charge >= 0.3 is 6.18 Å². The van der Waals surface area contributed by atoms with Gasteiger partial charge in [-0.2, -0.15) is 13.2 Å². The van der Waals surface area contributed by atoms with Crippen LogP contribution in [0.1, 0.15) is 25.7 Å². The van der Waals surface area contributed by atoms with Crippen LogP contribution in [0.3, 0.4) is 0 Å². The number of alkyl halides is 3. The number of carbonyl (C=O) groups excluding carboxylic acids is 1. The number of hydrogen-bond donors (Lipinski definition) is 2. The van der Waals surface area contributed by atoms with Crippen molar-refractivity contribution in [2.75, 3.05) is 13.1 Å². The Labute approximate surface area is 86.4 Å². The van der Waals surface area contributed by atoms with Gasteiger partial charge in [-0.1, -0.05) is 0 Å². The maximum atomic E-state index is 11.8. The predicted octanol–water partition coefficient (Wildman–Crippen LogP) is 1.20. The Balaban J connectivity index is 2.03. The molecule has 1 heterocycles. The van der Waals surface area contributed by atoms with E-state index in [4.69, 9.17) is 0 Å². The van der Waals surface area contributed by atoms with Crippen LogP contribution in [0.15, 0.2) is 0 Å². The highest BCUT2D eigenvalue weighted by molar-refractivity contribution is 5.76. The third-order valence-electron chi connectivity index (χ3n) is 2.34. The number of halogens is 3. The second-order valence-electron chi connectivity index (χ2n) is 3.71. The standard InChI is InChI=1S/C9H15F3N2O/c10-9(11,12)4-1-5-13-7-2-3-8(15)14-6-7/h7,13H,1-6H2,(H,14,15). The molecule has 88 valence electrons. The first-order chi connectivity index (χ1) is 6.97. The summed E-state index contributed by atoms with van der Waals surface area (Å²) in [6.45, 7) is 0.866. The van der Waals surface area contributed by atoms with Crippen LogP contribution in [0.25, 0.3) is 0 Å². The molecule has 1 unspecified atom stereocenters. The minimum atomic E-state index is -4.07. The van der Waals surface area contributed by atoms with E-state index >= 15 is 0 Å². The molecule has 0 radical (unpaired) electrons. The topological polar surface area (TPSA) is 41.1 Å². The van der Waals surface area contributed by atoms with Gasteiger partial charge in [0.25, 0.3) is 0 Å². The quantitative estimate of drug-likeness (QED) is 0.704. The highest BCUT2D eigenvalue weighted by Gasteiger charge is 2.26. The number of carbonyl (C=O) groups is 1. The van der Waals surface area contributed by atoms with Gasteiger partial charge in [0.1, 0.15) is 0 Å². The molecule has 3 nitrogen and oxygen atoms in total. The van der Waals surface area contributed by atoms with Crippen molar-refractivity contribution in [1.29, 1.82) is 0 Å². The fraction of sp³-hybridized carbons (Fsp3) is 0.889. The Kier molecular flexibility index (Phi) is 4.38. The van der Waals surface area contributed by atoms with Crippen LogP contribution in [0.4, 0.5) is 13.2 Å². The van der Waals surface area contributed by atoms with Crippen LogP contribution in [-0.2, 0) is 4.79 Å². The molecule has 15 heavy (non-hydrogen) atoms. The molecule has 0 bridgehead atoms. The van der Waals surface area contributed by atoms with Crippen LogP contribution in [0.5, 0.6) is 0 Å². The normalized spacial score (nSPS) is 22.6. The van der Waals surface area contributed by atoms with Gasteiger partial charge in [-0.05, 0) is 19.4 Å². The summed E-state index contributed by atoms with van der Waals surface area (Å²) in [4.78, 5) is 10.8. The van der Waals surface area contributed by atoms with E-state index in [0.717, 1.165) is 0 Å². The minimum absolute atomic E-state index is 0.0170. The van der Waals surface area contributed by atoms with Gasteiger partial charge in [0.2, 0.25) is 5.91 Å². The highest BCUT2D eigenvalue weighted by atomic mass is 19.4. The molecule has 1 aliphatic rings. The maximum absolute atomic E-state index is 11.8. The summed E-state index contributed by atoms with van der Waals surface area (Å²) < 4.78 is 35.4. The number of hydrogen-bond acceptors (Lipinski definition) is 2. The van der Waals surface area contributed by atoms with E-state index in [9.17, 15) is 18.0 Å². The van der Waals surface area contributed by atoms with Crippen molar-refractivity contribution in [1.82, 2.24) is 10.6 Å². The van der Waals surface area contributed by atoms with Crippen molar-refractivity contribution in [3.05, 3.63) is 0 Å². The van der Waals surface area contributed by atoms with Gasteiger partial charge in [-0.25, -0.2) is 0 Å². The molecule has 0 aromatic heterocycles. The summed E-state index contributed by atoms with van der Waals surface area (Å²) in [5, 5.41) is 5.67. The number of amides is 1. The molecule has 1 aliphatic heterocycles. The average molecular weight is 224 g/mol. The molecule has 0 spiro atoms. The number of piperidine rings is 1. The van der Waals surface area contributed by atoms with E-state index in [1.165, 1.54) is 0 Å². The Morgan fingerprint density at radius 1 is 1.47 bits per heavy atom. The highest BCUT2D eigenvalue weighted by Crippen LogP contribution is 2.20. The van der Waals surface area contributed by atoms with Gasteiger partial charge in [0.15, 0.2) is 0 Å². The SMILES string of the molecule is O=C1CCC(NCCCC(F)(F)F)CN1. The van der Waals surface area contributed by atoms with Crippen LogP contribution >= 0.6 is 0 Å². The summed E-state index contributed by atoms with van der Waals surface area (Å²) in [5.41, 5.74) is 0. The van der Waals surface area contributed by atoms with Gasteiger partial charge in [0, 0.05) is 25.4 Å². The van der Waals surface area contributed by atoms with Crippen molar-refractivity contribution in [3.8, 4) is 0 Å². The van der Waals surface area contributed by atoms with E-state index in [1.54, 1.807) is 0 Å². The van der Waals surface area contributed by atoms with Crippen LogP contribution in [0, 0.1) is 0 Å². The first-order valence-electron chi connectivity index (χ1n) is 5.04. The molecule has 1 fully saturated rings. The summed E-state index contributed by atoms with van der Waals surface area (Å²) in [5.74, 6) is 0.0170. The molecular formula is C9H15F3N2O. The molecule has 0 aromatic carbocycles. The molecule has 1 atom stereocenters. The lowest BCUT2D eigenvalue weighted by atomic mass is 10.1. The van der Waals surface area contributed by atoms with Crippen molar-refractivity contribution in [3.63, 3.8) is 0 Å². The Morgan fingerprint density at radius 3 is 2.73 bits per heavy atom. The zero-order valence-corrected chi connectivity index (χ0v) is 8.36. The summed E-state index contributed by atoms with van der Waals surface area (Å²) in [7, 11) is 0. The summed E-state index contributed by atoms with van der Waals surface area (Å²) >= 11 is 0. The van der Waals surface area contributed by atoms with Gasteiger partial charge < -0.3 is 10.6 Å².